The normalized spacial score (nSPS) is 16.9. The van der Waals surface area contributed by atoms with E-state index < -0.39 is 0 Å². The predicted octanol–water partition coefficient (Wildman–Crippen LogP) is 1.16. The molecule has 10 nitrogen and oxygen atoms in total. The topological polar surface area (TPSA) is 110 Å². The van der Waals surface area contributed by atoms with Crippen molar-refractivity contribution in [2.45, 2.75) is 46.1 Å². The lowest BCUT2D eigenvalue weighted by Crippen LogP contribution is -2.38. The van der Waals surface area contributed by atoms with Gasteiger partial charge in [0.05, 0.1) is 25.5 Å². The van der Waals surface area contributed by atoms with Crippen molar-refractivity contribution in [2.75, 3.05) is 49.2 Å². The second-order valence-electron chi connectivity index (χ2n) is 7.72. The summed E-state index contributed by atoms with van der Waals surface area (Å²) in [6.07, 6.45) is 3.25. The second-order valence-corrected chi connectivity index (χ2v) is 7.72. The molecule has 162 valence electrons. The summed E-state index contributed by atoms with van der Waals surface area (Å²) >= 11 is 0. The van der Waals surface area contributed by atoms with Gasteiger partial charge in [-0.25, -0.2) is 0 Å². The van der Waals surface area contributed by atoms with E-state index in [-0.39, 0.29) is 12.5 Å². The van der Waals surface area contributed by atoms with Gasteiger partial charge in [-0.15, -0.1) is 0 Å². The summed E-state index contributed by atoms with van der Waals surface area (Å²) in [7, 11) is 0. The number of nitrogens with zero attached hydrogens (tertiary/aromatic N) is 6. The predicted molar refractivity (Wildman–Crippen MR) is 110 cm³/mol. The molecule has 2 fully saturated rings. The van der Waals surface area contributed by atoms with Crippen LogP contribution in [0.5, 0.6) is 0 Å². The van der Waals surface area contributed by atoms with Gasteiger partial charge in [-0.3, -0.25) is 4.79 Å². The van der Waals surface area contributed by atoms with E-state index in [2.05, 4.69) is 30.2 Å². The van der Waals surface area contributed by atoms with Crippen molar-refractivity contribution in [2.24, 2.45) is 0 Å². The molecule has 2 aromatic rings. The summed E-state index contributed by atoms with van der Waals surface area (Å²) in [5.74, 6) is 2.66. The average Bonchev–Trinajstić information content (AvgIpc) is 3.42. The Bertz CT molecular complexity index is 854. The first-order valence-corrected chi connectivity index (χ1v) is 10.6. The van der Waals surface area contributed by atoms with Gasteiger partial charge in [0, 0.05) is 38.2 Å². The molecule has 0 spiro atoms. The number of carbonyl (C=O) groups excluding carboxylic acids is 1. The lowest BCUT2D eigenvalue weighted by molar-refractivity contribution is -0.121. The van der Waals surface area contributed by atoms with Gasteiger partial charge < -0.3 is 24.4 Å². The molecule has 4 heterocycles. The Hall–Kier alpha value is -2.75. The van der Waals surface area contributed by atoms with Crippen LogP contribution in [0.2, 0.25) is 0 Å². The molecule has 1 N–H and O–H groups in total. The van der Waals surface area contributed by atoms with Gasteiger partial charge in [-0.05, 0) is 33.1 Å². The summed E-state index contributed by atoms with van der Waals surface area (Å²) in [6, 6.07) is 0. The summed E-state index contributed by atoms with van der Waals surface area (Å²) in [4.78, 5) is 30.6. The smallest absolute Gasteiger partial charge is 0.230 e. The number of anilines is 2. The second kappa shape index (κ2) is 9.38. The number of rotatable bonds is 7. The van der Waals surface area contributed by atoms with Crippen LogP contribution in [0.25, 0.3) is 0 Å². The minimum absolute atomic E-state index is 0.0499. The quantitative estimate of drug-likeness (QED) is 0.712. The van der Waals surface area contributed by atoms with Crippen molar-refractivity contribution in [1.29, 1.82) is 0 Å². The van der Waals surface area contributed by atoms with Crippen molar-refractivity contribution in [3.63, 3.8) is 0 Å². The van der Waals surface area contributed by atoms with E-state index in [0.29, 0.717) is 43.8 Å². The van der Waals surface area contributed by atoms with Crippen LogP contribution in [0.4, 0.5) is 11.9 Å². The standard InChI is InChI=1S/C20H29N7O3/c1-14-16(15(2)30-25-14)5-6-18(28)21-13-17-22-19(26-7-3-4-8-26)24-20(23-17)27-9-11-29-12-10-27/h3-13H2,1-2H3,(H,21,28). The fraction of sp³-hybridized carbons (Fsp3) is 0.650. The molecular weight excluding hydrogens is 386 g/mol. The summed E-state index contributed by atoms with van der Waals surface area (Å²) in [6.45, 7) is 8.79. The Kier molecular flexibility index (Phi) is 6.41. The van der Waals surface area contributed by atoms with E-state index in [9.17, 15) is 4.79 Å². The number of hydrogen-bond acceptors (Lipinski definition) is 9. The highest BCUT2D eigenvalue weighted by Gasteiger charge is 2.21. The molecule has 2 aliphatic rings. The maximum atomic E-state index is 12.4. The van der Waals surface area contributed by atoms with Crippen LogP contribution >= 0.6 is 0 Å². The Morgan fingerprint density at radius 3 is 2.30 bits per heavy atom. The highest BCUT2D eigenvalue weighted by molar-refractivity contribution is 5.76. The molecule has 2 saturated heterocycles. The minimum Gasteiger partial charge on any atom is -0.378 e. The minimum atomic E-state index is -0.0499. The molecule has 4 rings (SSSR count). The first kappa shape index (κ1) is 20.5. The third-order valence-corrected chi connectivity index (χ3v) is 5.57. The van der Waals surface area contributed by atoms with E-state index in [4.69, 9.17) is 14.2 Å². The van der Waals surface area contributed by atoms with Gasteiger partial charge in [0.1, 0.15) is 5.76 Å². The van der Waals surface area contributed by atoms with Crippen LogP contribution in [0.15, 0.2) is 4.52 Å². The number of carbonyl (C=O) groups is 1. The Morgan fingerprint density at radius 1 is 1.00 bits per heavy atom. The Balaban J connectivity index is 1.41. The van der Waals surface area contributed by atoms with Crippen molar-refractivity contribution in [1.82, 2.24) is 25.4 Å². The van der Waals surface area contributed by atoms with E-state index in [1.54, 1.807) is 0 Å². The first-order chi connectivity index (χ1) is 14.6. The van der Waals surface area contributed by atoms with Gasteiger partial charge in [0.25, 0.3) is 0 Å². The molecule has 10 heteroatoms. The van der Waals surface area contributed by atoms with Crippen LogP contribution < -0.4 is 15.1 Å². The SMILES string of the molecule is Cc1noc(C)c1CCC(=O)NCc1nc(N2CCCC2)nc(N2CCOCC2)n1. The molecule has 0 aliphatic carbocycles. The lowest BCUT2D eigenvalue weighted by atomic mass is 10.1. The number of nitrogens with one attached hydrogen (secondary N) is 1. The number of ether oxygens (including phenoxy) is 1. The fourth-order valence-corrected chi connectivity index (χ4v) is 3.80. The molecule has 0 bridgehead atoms. The molecule has 0 atom stereocenters. The van der Waals surface area contributed by atoms with Crippen LogP contribution in [0, 0.1) is 13.8 Å². The summed E-state index contributed by atoms with van der Waals surface area (Å²) < 4.78 is 10.6. The van der Waals surface area contributed by atoms with Crippen molar-refractivity contribution >= 4 is 17.8 Å². The van der Waals surface area contributed by atoms with Crippen molar-refractivity contribution < 1.29 is 14.1 Å². The van der Waals surface area contributed by atoms with E-state index in [1.165, 1.54) is 0 Å². The largest absolute Gasteiger partial charge is 0.378 e. The fourth-order valence-electron chi connectivity index (χ4n) is 3.80. The van der Waals surface area contributed by atoms with Crippen LogP contribution in [0.1, 0.15) is 42.1 Å². The molecular formula is C20H29N7O3. The maximum absolute atomic E-state index is 12.4. The monoisotopic (exact) mass is 415 g/mol. The lowest BCUT2D eigenvalue weighted by Gasteiger charge is -2.28. The molecule has 0 radical (unpaired) electrons. The van der Waals surface area contributed by atoms with E-state index >= 15 is 0 Å². The van der Waals surface area contributed by atoms with Crippen LogP contribution in [-0.2, 0) is 22.5 Å². The first-order valence-electron chi connectivity index (χ1n) is 10.6. The molecule has 2 aliphatic heterocycles. The number of amides is 1. The molecule has 1 amide bonds. The molecule has 30 heavy (non-hydrogen) atoms. The van der Waals surface area contributed by atoms with Crippen LogP contribution in [-0.4, -0.2) is 65.4 Å². The van der Waals surface area contributed by atoms with Crippen LogP contribution in [0.3, 0.4) is 0 Å². The van der Waals surface area contributed by atoms with Crippen molar-refractivity contribution in [3.8, 4) is 0 Å². The molecule has 0 unspecified atom stereocenters. The summed E-state index contributed by atoms with van der Waals surface area (Å²) in [5, 5.41) is 6.88. The zero-order chi connectivity index (χ0) is 20.9. The molecule has 0 aromatic carbocycles. The van der Waals surface area contributed by atoms with E-state index in [0.717, 1.165) is 56.0 Å². The number of aromatic nitrogens is 4. The third-order valence-electron chi connectivity index (χ3n) is 5.57. The van der Waals surface area contributed by atoms with Gasteiger partial charge in [0.15, 0.2) is 5.82 Å². The molecule has 2 aromatic heterocycles. The Morgan fingerprint density at radius 2 is 1.67 bits per heavy atom. The number of hydrogen-bond donors (Lipinski definition) is 1. The van der Waals surface area contributed by atoms with E-state index in [1.807, 2.05) is 13.8 Å². The highest BCUT2D eigenvalue weighted by Crippen LogP contribution is 2.19. The summed E-state index contributed by atoms with van der Waals surface area (Å²) in [5.41, 5.74) is 1.83. The average molecular weight is 415 g/mol. The number of aryl methyl sites for hydroxylation is 2. The van der Waals surface area contributed by atoms with Gasteiger partial charge in [-0.2, -0.15) is 15.0 Å². The van der Waals surface area contributed by atoms with Gasteiger partial charge in [0.2, 0.25) is 17.8 Å². The third kappa shape index (κ3) is 4.86. The zero-order valence-corrected chi connectivity index (χ0v) is 17.7. The van der Waals surface area contributed by atoms with Gasteiger partial charge in [-0.1, -0.05) is 5.16 Å². The molecule has 0 saturated carbocycles. The number of morpholine rings is 1. The van der Waals surface area contributed by atoms with Gasteiger partial charge >= 0.3 is 0 Å². The van der Waals surface area contributed by atoms with Crippen molar-refractivity contribution in [3.05, 3.63) is 22.8 Å². The maximum Gasteiger partial charge on any atom is 0.230 e. The zero-order valence-electron chi connectivity index (χ0n) is 17.7. The highest BCUT2D eigenvalue weighted by atomic mass is 16.5. The Labute approximate surface area is 176 Å².